The third kappa shape index (κ3) is 4.17. The highest BCUT2D eigenvalue weighted by Gasteiger charge is 2.14. The first kappa shape index (κ1) is 14.2. The van der Waals surface area contributed by atoms with Crippen LogP contribution >= 0.6 is 0 Å². The molecule has 1 rings (SSSR count). The van der Waals surface area contributed by atoms with Crippen molar-refractivity contribution in [1.82, 2.24) is 5.32 Å². The summed E-state index contributed by atoms with van der Waals surface area (Å²) >= 11 is 0. The molecule has 7 heteroatoms. The van der Waals surface area contributed by atoms with Gasteiger partial charge in [0, 0.05) is 12.8 Å². The second kappa shape index (κ2) is 5.63. The number of hydrogen-bond donors (Lipinski definition) is 2. The van der Waals surface area contributed by atoms with E-state index in [1.807, 2.05) is 0 Å². The molecule has 0 spiro atoms. The highest BCUT2D eigenvalue weighted by Crippen LogP contribution is 2.07. The van der Waals surface area contributed by atoms with Crippen LogP contribution in [0.3, 0.4) is 0 Å². The molecule has 6 nitrogen and oxygen atoms in total. The fourth-order valence-corrected chi connectivity index (χ4v) is 1.81. The van der Waals surface area contributed by atoms with Crippen molar-refractivity contribution in [2.45, 2.75) is 0 Å². The lowest BCUT2D eigenvalue weighted by Gasteiger charge is -2.07. The Balaban J connectivity index is 2.76. The quantitative estimate of drug-likeness (QED) is 0.756. The van der Waals surface area contributed by atoms with Gasteiger partial charge in [-0.3, -0.25) is 9.59 Å². The largest absolute Gasteiger partial charge is 0.366 e. The summed E-state index contributed by atoms with van der Waals surface area (Å²) in [6.07, 6.45) is 1.08. The molecule has 3 N–H and O–H groups in total. The smallest absolute Gasteiger partial charge is 0.252 e. The van der Waals surface area contributed by atoms with Gasteiger partial charge in [-0.15, -0.1) is 0 Å². The molecule has 0 aromatic heterocycles. The molecule has 0 unspecified atom stereocenters. The zero-order valence-corrected chi connectivity index (χ0v) is 10.7. The molecular weight excluding hydrogens is 256 g/mol. The van der Waals surface area contributed by atoms with E-state index in [2.05, 4.69) is 5.32 Å². The van der Waals surface area contributed by atoms with E-state index in [1.165, 1.54) is 12.1 Å². The van der Waals surface area contributed by atoms with Crippen molar-refractivity contribution < 1.29 is 18.0 Å². The highest BCUT2D eigenvalue weighted by molar-refractivity contribution is 7.90. The van der Waals surface area contributed by atoms with Crippen LogP contribution in [-0.2, 0) is 9.84 Å². The molecule has 0 aliphatic carbocycles. The van der Waals surface area contributed by atoms with Gasteiger partial charge in [-0.05, 0) is 12.1 Å². The van der Waals surface area contributed by atoms with Crippen molar-refractivity contribution in [3.8, 4) is 0 Å². The van der Waals surface area contributed by atoms with Gasteiger partial charge < -0.3 is 11.1 Å². The van der Waals surface area contributed by atoms with Gasteiger partial charge in [-0.25, -0.2) is 8.42 Å². The number of rotatable bonds is 5. The van der Waals surface area contributed by atoms with Gasteiger partial charge >= 0.3 is 0 Å². The number of primary amides is 1. The molecule has 0 saturated heterocycles. The zero-order chi connectivity index (χ0) is 13.8. The summed E-state index contributed by atoms with van der Waals surface area (Å²) in [5, 5.41) is 2.42. The lowest BCUT2D eigenvalue weighted by Crippen LogP contribution is -2.30. The molecule has 0 radical (unpaired) electrons. The molecule has 18 heavy (non-hydrogen) atoms. The third-order valence-corrected chi connectivity index (χ3v) is 3.14. The Hall–Kier alpha value is -1.89. The first-order chi connectivity index (χ1) is 8.31. The van der Waals surface area contributed by atoms with Gasteiger partial charge in [0.15, 0.2) is 0 Å². The van der Waals surface area contributed by atoms with Crippen molar-refractivity contribution in [3.63, 3.8) is 0 Å². The van der Waals surface area contributed by atoms with Crippen LogP contribution in [0.25, 0.3) is 0 Å². The molecule has 0 heterocycles. The van der Waals surface area contributed by atoms with Gasteiger partial charge in [0.05, 0.1) is 16.9 Å². The van der Waals surface area contributed by atoms with Crippen LogP contribution < -0.4 is 11.1 Å². The SMILES string of the molecule is CS(=O)(=O)CCNC(=O)c1ccccc1C(N)=O. The summed E-state index contributed by atoms with van der Waals surface area (Å²) in [5.74, 6) is -1.38. The minimum atomic E-state index is -3.13. The Kier molecular flexibility index (Phi) is 4.43. The molecule has 0 saturated carbocycles. The first-order valence-corrected chi connectivity index (χ1v) is 7.22. The molecule has 0 aliphatic heterocycles. The lowest BCUT2D eigenvalue weighted by atomic mass is 10.1. The summed E-state index contributed by atoms with van der Waals surface area (Å²) in [7, 11) is -3.13. The number of amides is 2. The molecule has 0 atom stereocenters. The van der Waals surface area contributed by atoms with E-state index in [9.17, 15) is 18.0 Å². The van der Waals surface area contributed by atoms with Crippen molar-refractivity contribution in [3.05, 3.63) is 35.4 Å². The number of carbonyl (C=O) groups excluding carboxylic acids is 2. The van der Waals surface area contributed by atoms with Crippen LogP contribution in [0.15, 0.2) is 24.3 Å². The molecule has 98 valence electrons. The van der Waals surface area contributed by atoms with Crippen molar-refractivity contribution in [1.29, 1.82) is 0 Å². The molecule has 1 aromatic rings. The maximum absolute atomic E-state index is 11.7. The minimum absolute atomic E-state index is 0.00916. The van der Waals surface area contributed by atoms with Crippen LogP contribution in [-0.4, -0.2) is 38.8 Å². The van der Waals surface area contributed by atoms with Gasteiger partial charge in [-0.2, -0.15) is 0 Å². The molecule has 2 amide bonds. The standard InChI is InChI=1S/C11H14N2O4S/c1-18(16,17)7-6-13-11(15)9-5-3-2-4-8(9)10(12)14/h2-5H,6-7H2,1H3,(H2,12,14)(H,13,15). The van der Waals surface area contributed by atoms with Crippen LogP contribution in [0.4, 0.5) is 0 Å². The predicted molar refractivity (Wildman–Crippen MR) is 67.0 cm³/mol. The Bertz CT molecular complexity index is 566. The average Bonchev–Trinajstić information content (AvgIpc) is 2.27. The van der Waals surface area contributed by atoms with E-state index in [0.717, 1.165) is 6.26 Å². The summed E-state index contributed by atoms with van der Waals surface area (Å²) in [5.41, 5.74) is 5.38. The second-order valence-electron chi connectivity index (χ2n) is 3.80. The number of nitrogens with one attached hydrogen (secondary N) is 1. The van der Waals surface area contributed by atoms with Gasteiger partial charge in [0.2, 0.25) is 5.91 Å². The number of hydrogen-bond acceptors (Lipinski definition) is 4. The number of carbonyl (C=O) groups is 2. The predicted octanol–water partition coefficient (Wildman–Crippen LogP) is -0.440. The monoisotopic (exact) mass is 270 g/mol. The summed E-state index contributed by atoms with van der Waals surface area (Å²) < 4.78 is 21.8. The topological polar surface area (TPSA) is 106 Å². The van der Waals surface area contributed by atoms with Crippen LogP contribution in [0, 0.1) is 0 Å². The Morgan fingerprint density at radius 3 is 2.28 bits per heavy atom. The van der Waals surface area contributed by atoms with Gasteiger partial charge in [0.25, 0.3) is 5.91 Å². The maximum atomic E-state index is 11.7. The third-order valence-electron chi connectivity index (χ3n) is 2.20. The van der Waals surface area contributed by atoms with Crippen LogP contribution in [0.2, 0.25) is 0 Å². The van der Waals surface area contributed by atoms with E-state index in [0.29, 0.717) is 0 Å². The summed E-state index contributed by atoms with van der Waals surface area (Å²) in [4.78, 5) is 22.8. The summed E-state index contributed by atoms with van der Waals surface area (Å²) in [6, 6.07) is 6.08. The number of nitrogens with two attached hydrogens (primary N) is 1. The fourth-order valence-electron chi connectivity index (χ4n) is 1.34. The molecule has 0 aliphatic rings. The normalized spacial score (nSPS) is 10.9. The molecule has 0 fully saturated rings. The van der Waals surface area contributed by atoms with Crippen molar-refractivity contribution in [2.24, 2.45) is 5.73 Å². The summed E-state index contributed by atoms with van der Waals surface area (Å²) in [6.45, 7) is -0.00916. The number of sulfone groups is 1. The second-order valence-corrected chi connectivity index (χ2v) is 6.06. The maximum Gasteiger partial charge on any atom is 0.252 e. The van der Waals surface area contributed by atoms with Crippen LogP contribution in [0.1, 0.15) is 20.7 Å². The van der Waals surface area contributed by atoms with E-state index >= 15 is 0 Å². The zero-order valence-electron chi connectivity index (χ0n) is 9.84. The van der Waals surface area contributed by atoms with E-state index in [4.69, 9.17) is 5.73 Å². The van der Waals surface area contributed by atoms with Crippen molar-refractivity contribution in [2.75, 3.05) is 18.6 Å². The Morgan fingerprint density at radius 2 is 1.78 bits per heavy atom. The molecule has 0 bridgehead atoms. The molecular formula is C11H14N2O4S. The van der Waals surface area contributed by atoms with E-state index in [-0.39, 0.29) is 23.4 Å². The highest BCUT2D eigenvalue weighted by atomic mass is 32.2. The minimum Gasteiger partial charge on any atom is -0.366 e. The first-order valence-electron chi connectivity index (χ1n) is 5.16. The Morgan fingerprint density at radius 1 is 1.22 bits per heavy atom. The fraction of sp³-hybridized carbons (Fsp3) is 0.273. The lowest BCUT2D eigenvalue weighted by molar-refractivity contribution is 0.0938. The van der Waals surface area contributed by atoms with Gasteiger partial charge in [-0.1, -0.05) is 12.1 Å². The van der Waals surface area contributed by atoms with Crippen molar-refractivity contribution >= 4 is 21.7 Å². The van der Waals surface area contributed by atoms with Gasteiger partial charge in [0.1, 0.15) is 9.84 Å². The number of benzene rings is 1. The Labute approximate surface area is 105 Å². The van der Waals surface area contributed by atoms with E-state index in [1.54, 1.807) is 12.1 Å². The van der Waals surface area contributed by atoms with E-state index < -0.39 is 21.7 Å². The average molecular weight is 270 g/mol. The van der Waals surface area contributed by atoms with Crippen LogP contribution in [0.5, 0.6) is 0 Å². The molecule has 1 aromatic carbocycles.